The molecular formula is C15H19ClN2O. The van der Waals surface area contributed by atoms with Gasteiger partial charge in [-0.2, -0.15) is 0 Å². The molecule has 1 atom stereocenters. The largest absolute Gasteiger partial charge is 0.349 e. The summed E-state index contributed by atoms with van der Waals surface area (Å²) in [7, 11) is 0. The van der Waals surface area contributed by atoms with Crippen molar-refractivity contribution in [2.24, 2.45) is 11.7 Å². The molecule has 0 fully saturated rings. The molecule has 0 aliphatic heterocycles. The molecule has 4 heteroatoms. The van der Waals surface area contributed by atoms with E-state index in [9.17, 15) is 4.79 Å². The minimum atomic E-state index is -0.124. The minimum absolute atomic E-state index is 0.114. The molecule has 0 aromatic heterocycles. The summed E-state index contributed by atoms with van der Waals surface area (Å²) in [6.45, 7) is 6.38. The molecule has 3 N–H and O–H groups in total. The molecule has 0 saturated heterocycles. The van der Waals surface area contributed by atoms with Crippen molar-refractivity contribution >= 4 is 17.5 Å². The molecule has 1 aromatic carbocycles. The van der Waals surface area contributed by atoms with E-state index >= 15 is 0 Å². The van der Waals surface area contributed by atoms with Crippen LogP contribution in [0.1, 0.15) is 36.7 Å². The molecule has 1 amide bonds. The van der Waals surface area contributed by atoms with Gasteiger partial charge in [0.2, 0.25) is 0 Å². The van der Waals surface area contributed by atoms with E-state index in [1.54, 1.807) is 18.2 Å². The Hall–Kier alpha value is -1.50. The fourth-order valence-corrected chi connectivity index (χ4v) is 1.59. The molecule has 1 rings (SSSR count). The lowest BCUT2D eigenvalue weighted by molar-refractivity contribution is 0.0930. The SMILES string of the molecule is CC(C)C(C)NC(=O)c1ccc(C#CCN)c(Cl)c1. The quantitative estimate of drug-likeness (QED) is 0.835. The summed E-state index contributed by atoms with van der Waals surface area (Å²) < 4.78 is 0. The summed E-state index contributed by atoms with van der Waals surface area (Å²) >= 11 is 6.08. The predicted molar refractivity (Wildman–Crippen MR) is 79.2 cm³/mol. The number of nitrogens with two attached hydrogens (primary N) is 1. The van der Waals surface area contributed by atoms with Crippen molar-refractivity contribution < 1.29 is 4.79 Å². The first-order valence-electron chi connectivity index (χ1n) is 6.25. The Morgan fingerprint density at radius 1 is 1.42 bits per heavy atom. The Bertz CT molecular complexity index is 515. The number of amides is 1. The molecule has 0 saturated carbocycles. The molecule has 3 nitrogen and oxygen atoms in total. The Kier molecular flexibility index (Phi) is 5.88. The van der Waals surface area contributed by atoms with Gasteiger partial charge < -0.3 is 11.1 Å². The van der Waals surface area contributed by atoms with Crippen LogP contribution in [0.3, 0.4) is 0 Å². The maximum atomic E-state index is 12.0. The Morgan fingerprint density at radius 2 is 2.11 bits per heavy atom. The molecule has 0 heterocycles. The Labute approximate surface area is 119 Å². The van der Waals surface area contributed by atoms with E-state index in [1.165, 1.54) is 0 Å². The van der Waals surface area contributed by atoms with Crippen LogP contribution in [-0.4, -0.2) is 18.5 Å². The van der Waals surface area contributed by atoms with E-state index in [0.29, 0.717) is 22.1 Å². The third kappa shape index (κ3) is 4.59. The number of hydrogen-bond acceptors (Lipinski definition) is 2. The van der Waals surface area contributed by atoms with Crippen molar-refractivity contribution in [3.8, 4) is 11.8 Å². The molecule has 0 radical (unpaired) electrons. The summed E-state index contributed by atoms with van der Waals surface area (Å²) in [6, 6.07) is 5.20. The molecule has 102 valence electrons. The van der Waals surface area contributed by atoms with Gasteiger partial charge in [0.05, 0.1) is 11.6 Å². The van der Waals surface area contributed by atoms with Gasteiger partial charge >= 0.3 is 0 Å². The van der Waals surface area contributed by atoms with Crippen LogP contribution in [-0.2, 0) is 0 Å². The van der Waals surface area contributed by atoms with Gasteiger partial charge in [0.25, 0.3) is 5.91 Å². The van der Waals surface area contributed by atoms with Crippen LogP contribution in [0.2, 0.25) is 5.02 Å². The summed E-state index contributed by atoms with van der Waals surface area (Å²) in [5.74, 6) is 5.85. The maximum Gasteiger partial charge on any atom is 0.251 e. The summed E-state index contributed by atoms with van der Waals surface area (Å²) in [5.41, 5.74) is 6.53. The zero-order chi connectivity index (χ0) is 14.4. The fraction of sp³-hybridized carbons (Fsp3) is 0.400. The highest BCUT2D eigenvalue weighted by molar-refractivity contribution is 6.32. The lowest BCUT2D eigenvalue weighted by atomic mass is 10.1. The van der Waals surface area contributed by atoms with Gasteiger partial charge in [0.15, 0.2) is 0 Å². The van der Waals surface area contributed by atoms with Gasteiger partial charge in [-0.3, -0.25) is 4.79 Å². The van der Waals surface area contributed by atoms with E-state index < -0.39 is 0 Å². The molecule has 19 heavy (non-hydrogen) atoms. The van der Waals surface area contributed by atoms with Crippen LogP contribution in [0.25, 0.3) is 0 Å². The number of rotatable bonds is 3. The molecule has 1 unspecified atom stereocenters. The summed E-state index contributed by atoms with van der Waals surface area (Å²) in [5, 5.41) is 3.40. The number of halogens is 1. The van der Waals surface area contributed by atoms with E-state index in [1.807, 2.05) is 6.92 Å². The lowest BCUT2D eigenvalue weighted by Gasteiger charge is -2.17. The second-order valence-electron chi connectivity index (χ2n) is 4.71. The number of carbonyl (C=O) groups is 1. The molecular weight excluding hydrogens is 260 g/mol. The predicted octanol–water partition coefficient (Wildman–Crippen LogP) is 2.42. The topological polar surface area (TPSA) is 55.1 Å². The standard InChI is InChI=1S/C15H19ClN2O/c1-10(2)11(3)18-15(19)13-7-6-12(5-4-8-17)14(16)9-13/h6-7,9-11H,8,17H2,1-3H3,(H,18,19). The van der Waals surface area contributed by atoms with Crippen LogP contribution < -0.4 is 11.1 Å². The third-order valence-corrected chi connectivity index (χ3v) is 3.23. The van der Waals surface area contributed by atoms with Gasteiger partial charge in [-0.1, -0.05) is 37.3 Å². The van der Waals surface area contributed by atoms with Crippen molar-refractivity contribution in [1.82, 2.24) is 5.32 Å². The van der Waals surface area contributed by atoms with Crippen LogP contribution in [0, 0.1) is 17.8 Å². The second kappa shape index (κ2) is 7.18. The molecule has 0 bridgehead atoms. The third-order valence-electron chi connectivity index (χ3n) is 2.92. The zero-order valence-electron chi connectivity index (χ0n) is 11.5. The molecule has 1 aromatic rings. The number of nitrogens with one attached hydrogen (secondary N) is 1. The van der Waals surface area contributed by atoms with Crippen molar-refractivity contribution in [3.63, 3.8) is 0 Å². The summed E-state index contributed by atoms with van der Waals surface area (Å²) in [6.07, 6.45) is 0. The lowest BCUT2D eigenvalue weighted by Crippen LogP contribution is -2.36. The smallest absolute Gasteiger partial charge is 0.251 e. The van der Waals surface area contributed by atoms with Gasteiger partial charge in [0, 0.05) is 17.2 Å². The number of hydrogen-bond donors (Lipinski definition) is 2. The van der Waals surface area contributed by atoms with Crippen molar-refractivity contribution in [2.75, 3.05) is 6.54 Å². The molecule has 0 spiro atoms. The van der Waals surface area contributed by atoms with Gasteiger partial charge in [-0.25, -0.2) is 0 Å². The number of benzene rings is 1. The Morgan fingerprint density at radius 3 is 2.63 bits per heavy atom. The maximum absolute atomic E-state index is 12.0. The molecule has 0 aliphatic rings. The van der Waals surface area contributed by atoms with Crippen LogP contribution >= 0.6 is 11.6 Å². The van der Waals surface area contributed by atoms with E-state index in [-0.39, 0.29) is 18.5 Å². The monoisotopic (exact) mass is 278 g/mol. The van der Waals surface area contributed by atoms with Gasteiger partial charge in [-0.15, -0.1) is 0 Å². The normalized spacial score (nSPS) is 11.7. The number of carbonyl (C=O) groups excluding carboxylic acids is 1. The Balaban J connectivity index is 2.86. The van der Waals surface area contributed by atoms with Crippen LogP contribution in [0.15, 0.2) is 18.2 Å². The highest BCUT2D eigenvalue weighted by Crippen LogP contribution is 2.17. The van der Waals surface area contributed by atoms with Crippen molar-refractivity contribution in [1.29, 1.82) is 0 Å². The highest BCUT2D eigenvalue weighted by Gasteiger charge is 2.13. The average molecular weight is 279 g/mol. The first-order chi connectivity index (χ1) is 8.95. The van der Waals surface area contributed by atoms with Crippen molar-refractivity contribution in [3.05, 3.63) is 34.3 Å². The zero-order valence-corrected chi connectivity index (χ0v) is 12.2. The van der Waals surface area contributed by atoms with Crippen LogP contribution in [0.4, 0.5) is 0 Å². The second-order valence-corrected chi connectivity index (χ2v) is 5.11. The average Bonchev–Trinajstić information content (AvgIpc) is 2.36. The minimum Gasteiger partial charge on any atom is -0.349 e. The highest BCUT2D eigenvalue weighted by atomic mass is 35.5. The van der Waals surface area contributed by atoms with Crippen molar-refractivity contribution in [2.45, 2.75) is 26.8 Å². The first-order valence-corrected chi connectivity index (χ1v) is 6.62. The van der Waals surface area contributed by atoms with Gasteiger partial charge in [-0.05, 0) is 31.0 Å². The van der Waals surface area contributed by atoms with Gasteiger partial charge in [0.1, 0.15) is 0 Å². The van der Waals surface area contributed by atoms with E-state index in [4.69, 9.17) is 17.3 Å². The fourth-order valence-electron chi connectivity index (χ4n) is 1.36. The molecule has 0 aliphatic carbocycles. The summed E-state index contributed by atoms with van der Waals surface area (Å²) in [4.78, 5) is 12.0. The van der Waals surface area contributed by atoms with E-state index in [0.717, 1.165) is 0 Å². The van der Waals surface area contributed by atoms with E-state index in [2.05, 4.69) is 31.0 Å². The van der Waals surface area contributed by atoms with Crippen LogP contribution in [0.5, 0.6) is 0 Å². The first kappa shape index (κ1) is 15.6.